The number of aromatic hydroxyl groups is 1. The van der Waals surface area contributed by atoms with E-state index in [4.69, 9.17) is 9.97 Å². The summed E-state index contributed by atoms with van der Waals surface area (Å²) in [6.45, 7) is 5.56. The van der Waals surface area contributed by atoms with Crippen molar-refractivity contribution in [1.82, 2.24) is 25.1 Å². The van der Waals surface area contributed by atoms with Crippen molar-refractivity contribution in [3.05, 3.63) is 48.3 Å². The molecule has 2 aromatic heterocycles. The van der Waals surface area contributed by atoms with E-state index in [1.54, 1.807) is 12.1 Å². The molecule has 1 aromatic carbocycles. The predicted molar refractivity (Wildman–Crippen MR) is 135 cm³/mol. The molecule has 0 unspecified atom stereocenters. The van der Waals surface area contributed by atoms with E-state index < -0.39 is 0 Å². The average molecular weight is 461 g/mol. The van der Waals surface area contributed by atoms with Gasteiger partial charge in [0.05, 0.1) is 11.4 Å². The predicted octanol–water partition coefficient (Wildman–Crippen LogP) is 2.82. The zero-order valence-electron chi connectivity index (χ0n) is 19.9. The molecule has 9 heteroatoms. The Labute approximate surface area is 200 Å². The van der Waals surface area contributed by atoms with Gasteiger partial charge >= 0.3 is 0 Å². The normalized spacial score (nSPS) is 17.7. The van der Waals surface area contributed by atoms with Gasteiger partial charge in [0, 0.05) is 51.2 Å². The van der Waals surface area contributed by atoms with Gasteiger partial charge in [-0.25, -0.2) is 9.97 Å². The molecule has 0 atom stereocenters. The molecule has 2 aliphatic heterocycles. The van der Waals surface area contributed by atoms with Crippen LogP contribution < -0.4 is 15.1 Å². The maximum absolute atomic E-state index is 10.2. The van der Waals surface area contributed by atoms with Crippen molar-refractivity contribution >= 4 is 17.5 Å². The molecule has 0 amide bonds. The van der Waals surface area contributed by atoms with Crippen molar-refractivity contribution in [2.45, 2.75) is 18.8 Å². The van der Waals surface area contributed by atoms with Crippen LogP contribution >= 0.6 is 0 Å². The number of phenolic OH excluding ortho intramolecular Hbond substituents is 1. The Bertz CT molecular complexity index is 1110. The molecule has 9 nitrogen and oxygen atoms in total. The summed E-state index contributed by atoms with van der Waals surface area (Å²) >= 11 is 0. The third-order valence-corrected chi connectivity index (χ3v) is 6.94. The number of hydrogen-bond donors (Lipinski definition) is 2. The summed E-state index contributed by atoms with van der Waals surface area (Å²) in [4.78, 5) is 16.3. The van der Waals surface area contributed by atoms with Gasteiger partial charge in [-0.3, -0.25) is 0 Å². The van der Waals surface area contributed by atoms with Crippen molar-refractivity contribution < 1.29 is 5.11 Å². The van der Waals surface area contributed by atoms with Gasteiger partial charge in [-0.05, 0) is 62.7 Å². The number of rotatable bonds is 5. The lowest BCUT2D eigenvalue weighted by atomic mass is 9.92. The number of aromatic nitrogens is 4. The summed E-state index contributed by atoms with van der Waals surface area (Å²) in [7, 11) is 4.03. The number of likely N-dealkylation sites (tertiary alicyclic amines) is 1. The molecule has 0 aliphatic carbocycles. The van der Waals surface area contributed by atoms with Gasteiger partial charge in [-0.15, -0.1) is 10.2 Å². The van der Waals surface area contributed by atoms with E-state index in [-0.39, 0.29) is 5.75 Å². The van der Waals surface area contributed by atoms with Crippen LogP contribution in [0.4, 0.5) is 17.5 Å². The number of phenols is 1. The topological polar surface area (TPSA) is 93.5 Å². The number of nitrogens with one attached hydrogen (secondary N) is 1. The Kier molecular flexibility index (Phi) is 6.44. The third-order valence-electron chi connectivity index (χ3n) is 6.94. The molecule has 0 saturated carbocycles. The minimum absolute atomic E-state index is 0.200. The monoisotopic (exact) mass is 460 g/mol. The fourth-order valence-electron chi connectivity index (χ4n) is 4.82. The second-order valence-electron chi connectivity index (χ2n) is 9.10. The molecular weight excluding hydrogens is 428 g/mol. The summed E-state index contributed by atoms with van der Waals surface area (Å²) in [5.41, 5.74) is 3.57. The highest BCUT2D eigenvalue weighted by Gasteiger charge is 2.24. The SMILES string of the molecule is CNc1nnc(-c2ccccc2O)cc1N1CCN(c2ncc(C3CCN(C)CC3)cn2)CC1. The Morgan fingerprint density at radius 3 is 2.26 bits per heavy atom. The van der Waals surface area contributed by atoms with E-state index in [1.165, 1.54) is 18.4 Å². The fourth-order valence-corrected chi connectivity index (χ4v) is 4.82. The van der Waals surface area contributed by atoms with Crippen LogP contribution in [-0.4, -0.2) is 83.5 Å². The van der Waals surface area contributed by atoms with Crippen LogP contribution in [0, 0.1) is 0 Å². The van der Waals surface area contributed by atoms with Gasteiger partial charge in [0.2, 0.25) is 5.95 Å². The number of nitrogens with zero attached hydrogens (tertiary/aromatic N) is 7. The van der Waals surface area contributed by atoms with Crippen molar-refractivity contribution in [3.63, 3.8) is 0 Å². The first-order chi connectivity index (χ1) is 16.6. The molecule has 2 aliphatic rings. The van der Waals surface area contributed by atoms with Crippen LogP contribution in [0.25, 0.3) is 11.3 Å². The summed E-state index contributed by atoms with van der Waals surface area (Å²) in [6, 6.07) is 9.21. The zero-order valence-corrected chi connectivity index (χ0v) is 19.9. The van der Waals surface area contributed by atoms with Gasteiger partial charge in [-0.2, -0.15) is 0 Å². The number of para-hydroxylation sites is 1. The second kappa shape index (κ2) is 9.80. The quantitative estimate of drug-likeness (QED) is 0.596. The Morgan fingerprint density at radius 1 is 0.912 bits per heavy atom. The second-order valence-corrected chi connectivity index (χ2v) is 9.10. The lowest BCUT2D eigenvalue weighted by molar-refractivity contribution is 0.255. The molecule has 0 radical (unpaired) electrons. The van der Waals surface area contributed by atoms with E-state index in [0.717, 1.165) is 56.7 Å². The third kappa shape index (κ3) is 4.61. The highest BCUT2D eigenvalue weighted by Crippen LogP contribution is 2.33. The molecule has 5 rings (SSSR count). The average Bonchev–Trinajstić information content (AvgIpc) is 2.89. The van der Waals surface area contributed by atoms with Crippen LogP contribution in [0.15, 0.2) is 42.7 Å². The minimum Gasteiger partial charge on any atom is -0.507 e. The first-order valence-electron chi connectivity index (χ1n) is 12.0. The zero-order chi connectivity index (χ0) is 23.5. The lowest BCUT2D eigenvalue weighted by Gasteiger charge is -2.36. The maximum atomic E-state index is 10.2. The molecular formula is C25H32N8O. The Hall–Kier alpha value is -3.46. The van der Waals surface area contributed by atoms with Crippen molar-refractivity contribution in [3.8, 4) is 17.0 Å². The molecule has 0 bridgehead atoms. The highest BCUT2D eigenvalue weighted by atomic mass is 16.3. The van der Waals surface area contributed by atoms with Gasteiger partial charge in [-0.1, -0.05) is 12.1 Å². The highest BCUT2D eigenvalue weighted by molar-refractivity contribution is 5.75. The summed E-state index contributed by atoms with van der Waals surface area (Å²) in [6.07, 6.45) is 6.40. The van der Waals surface area contributed by atoms with Crippen LogP contribution in [0.2, 0.25) is 0 Å². The molecule has 2 N–H and O–H groups in total. The summed E-state index contributed by atoms with van der Waals surface area (Å²) in [5, 5.41) is 22.1. The van der Waals surface area contributed by atoms with Gasteiger partial charge in [0.25, 0.3) is 0 Å². The number of hydrogen-bond acceptors (Lipinski definition) is 9. The van der Waals surface area contributed by atoms with Crippen molar-refractivity contribution in [1.29, 1.82) is 0 Å². The van der Waals surface area contributed by atoms with Crippen molar-refractivity contribution in [2.75, 3.05) is 68.5 Å². The smallest absolute Gasteiger partial charge is 0.225 e. The van der Waals surface area contributed by atoms with Crippen molar-refractivity contribution in [2.24, 2.45) is 0 Å². The van der Waals surface area contributed by atoms with E-state index in [0.29, 0.717) is 17.2 Å². The summed E-state index contributed by atoms with van der Waals surface area (Å²) in [5.74, 6) is 2.30. The fraction of sp³-hybridized carbons (Fsp3) is 0.440. The van der Waals surface area contributed by atoms with E-state index in [9.17, 15) is 5.11 Å². The Balaban J connectivity index is 1.27. The molecule has 2 fully saturated rings. The number of anilines is 3. The van der Waals surface area contributed by atoms with Gasteiger partial charge < -0.3 is 25.1 Å². The van der Waals surface area contributed by atoms with Crippen LogP contribution in [-0.2, 0) is 0 Å². The van der Waals surface area contributed by atoms with E-state index in [1.807, 2.05) is 37.6 Å². The summed E-state index contributed by atoms with van der Waals surface area (Å²) < 4.78 is 0. The molecule has 34 heavy (non-hydrogen) atoms. The van der Waals surface area contributed by atoms with E-state index in [2.05, 4.69) is 37.3 Å². The molecule has 0 spiro atoms. The first-order valence-corrected chi connectivity index (χ1v) is 12.0. The van der Waals surface area contributed by atoms with Gasteiger partial charge in [0.1, 0.15) is 5.75 Å². The maximum Gasteiger partial charge on any atom is 0.225 e. The molecule has 4 heterocycles. The number of piperidine rings is 1. The number of benzene rings is 1. The van der Waals surface area contributed by atoms with Crippen LogP contribution in [0.1, 0.15) is 24.3 Å². The molecule has 3 aromatic rings. The van der Waals surface area contributed by atoms with Gasteiger partial charge in [0.15, 0.2) is 5.82 Å². The molecule has 2 saturated heterocycles. The number of piperazine rings is 1. The molecule has 178 valence electrons. The Morgan fingerprint density at radius 2 is 1.59 bits per heavy atom. The minimum atomic E-state index is 0.200. The van der Waals surface area contributed by atoms with E-state index >= 15 is 0 Å². The standard InChI is InChI=1S/C25H32N8O/c1-26-24-22(15-21(29-30-24)20-5-3-4-6-23(20)34)32-11-13-33(14-12-32)25-27-16-19(17-28-25)18-7-9-31(2)10-8-18/h3-6,15-18,34H,7-14H2,1-2H3,(H,26,30). The first kappa shape index (κ1) is 22.3. The largest absolute Gasteiger partial charge is 0.507 e. The van der Waals surface area contributed by atoms with Crippen LogP contribution in [0.3, 0.4) is 0 Å². The lowest BCUT2D eigenvalue weighted by Crippen LogP contribution is -2.47. The van der Waals surface area contributed by atoms with Crippen LogP contribution in [0.5, 0.6) is 5.75 Å².